The minimum atomic E-state index is -0.818. The van der Waals surface area contributed by atoms with E-state index in [2.05, 4.69) is 0 Å². The SMILES string of the molecule is COC1(CC(=O)N(C)C2(CC(=O)O)CCCCC2)CCC1. The summed E-state index contributed by atoms with van der Waals surface area (Å²) in [6.45, 7) is 0. The molecule has 1 amide bonds. The molecule has 0 unspecified atom stereocenters. The Morgan fingerprint density at radius 1 is 1.05 bits per heavy atom. The van der Waals surface area contributed by atoms with Gasteiger partial charge in [-0.25, -0.2) is 0 Å². The molecule has 0 bridgehead atoms. The first-order chi connectivity index (χ1) is 9.93. The summed E-state index contributed by atoms with van der Waals surface area (Å²) in [6.07, 6.45) is 8.10. The molecule has 2 rings (SSSR count). The second-order valence-electron chi connectivity index (χ2n) is 6.73. The third kappa shape index (κ3) is 3.39. The van der Waals surface area contributed by atoms with Gasteiger partial charge in [0, 0.05) is 14.2 Å². The molecule has 5 nitrogen and oxygen atoms in total. The minimum absolute atomic E-state index is 0.0275. The zero-order chi connectivity index (χ0) is 15.5. The Balaban J connectivity index is 2.08. The number of nitrogens with zero attached hydrogens (tertiary/aromatic N) is 1. The van der Waals surface area contributed by atoms with E-state index in [9.17, 15) is 14.7 Å². The minimum Gasteiger partial charge on any atom is -0.481 e. The van der Waals surface area contributed by atoms with Gasteiger partial charge in [-0.3, -0.25) is 9.59 Å². The molecule has 120 valence electrons. The van der Waals surface area contributed by atoms with Gasteiger partial charge in [-0.2, -0.15) is 0 Å². The summed E-state index contributed by atoms with van der Waals surface area (Å²) >= 11 is 0. The Labute approximate surface area is 126 Å². The molecule has 0 spiro atoms. The predicted octanol–water partition coefficient (Wildman–Crippen LogP) is 2.58. The smallest absolute Gasteiger partial charge is 0.305 e. The first-order valence-electron chi connectivity index (χ1n) is 7.97. The molecule has 2 saturated carbocycles. The maximum Gasteiger partial charge on any atom is 0.305 e. The fourth-order valence-electron chi connectivity index (χ4n) is 3.81. The van der Waals surface area contributed by atoms with Crippen molar-refractivity contribution in [2.24, 2.45) is 0 Å². The van der Waals surface area contributed by atoms with Crippen molar-refractivity contribution >= 4 is 11.9 Å². The van der Waals surface area contributed by atoms with Crippen LogP contribution in [0.15, 0.2) is 0 Å². The van der Waals surface area contributed by atoms with Crippen LogP contribution in [0.5, 0.6) is 0 Å². The number of amides is 1. The summed E-state index contributed by atoms with van der Waals surface area (Å²) in [4.78, 5) is 25.6. The number of carbonyl (C=O) groups excluding carboxylic acids is 1. The Bertz CT molecular complexity index is 392. The molecule has 2 aliphatic rings. The number of carbonyl (C=O) groups is 2. The van der Waals surface area contributed by atoms with Gasteiger partial charge in [-0.1, -0.05) is 19.3 Å². The van der Waals surface area contributed by atoms with E-state index < -0.39 is 11.5 Å². The van der Waals surface area contributed by atoms with Crippen molar-refractivity contribution in [2.45, 2.75) is 75.3 Å². The quantitative estimate of drug-likeness (QED) is 0.818. The van der Waals surface area contributed by atoms with Gasteiger partial charge < -0.3 is 14.7 Å². The van der Waals surface area contributed by atoms with Gasteiger partial charge in [0.2, 0.25) is 5.91 Å². The van der Waals surface area contributed by atoms with Crippen LogP contribution in [0.4, 0.5) is 0 Å². The van der Waals surface area contributed by atoms with Crippen LogP contribution in [-0.2, 0) is 14.3 Å². The van der Waals surface area contributed by atoms with Gasteiger partial charge in [0.05, 0.1) is 24.0 Å². The molecule has 1 N–H and O–H groups in total. The fraction of sp³-hybridized carbons (Fsp3) is 0.875. The molecule has 0 saturated heterocycles. The van der Waals surface area contributed by atoms with E-state index in [0.717, 1.165) is 51.4 Å². The zero-order valence-corrected chi connectivity index (χ0v) is 13.2. The molecule has 0 aromatic rings. The monoisotopic (exact) mass is 297 g/mol. The van der Waals surface area contributed by atoms with E-state index in [1.165, 1.54) is 0 Å². The van der Waals surface area contributed by atoms with Gasteiger partial charge in [-0.15, -0.1) is 0 Å². The van der Waals surface area contributed by atoms with Crippen LogP contribution in [0.2, 0.25) is 0 Å². The molecule has 0 aliphatic heterocycles. The summed E-state index contributed by atoms with van der Waals surface area (Å²) < 4.78 is 5.53. The van der Waals surface area contributed by atoms with Crippen LogP contribution < -0.4 is 0 Å². The summed E-state index contributed by atoms with van der Waals surface area (Å²) in [6, 6.07) is 0. The van der Waals surface area contributed by atoms with Gasteiger partial charge in [0.25, 0.3) is 0 Å². The molecule has 2 aliphatic carbocycles. The van der Waals surface area contributed by atoms with E-state index in [1.807, 2.05) is 0 Å². The molecule has 0 radical (unpaired) electrons. The summed E-state index contributed by atoms with van der Waals surface area (Å²) in [5, 5.41) is 9.24. The largest absolute Gasteiger partial charge is 0.481 e. The van der Waals surface area contributed by atoms with Crippen molar-refractivity contribution < 1.29 is 19.4 Å². The third-order valence-electron chi connectivity index (χ3n) is 5.52. The average Bonchev–Trinajstić information content (AvgIpc) is 2.42. The highest BCUT2D eigenvalue weighted by Gasteiger charge is 2.44. The molecule has 0 heterocycles. The molecule has 0 aromatic heterocycles. The van der Waals surface area contributed by atoms with E-state index in [4.69, 9.17) is 4.74 Å². The lowest BCUT2D eigenvalue weighted by molar-refractivity contribution is -0.153. The highest BCUT2D eigenvalue weighted by molar-refractivity contribution is 5.79. The van der Waals surface area contributed by atoms with Gasteiger partial charge >= 0.3 is 5.97 Å². The molecule has 21 heavy (non-hydrogen) atoms. The number of aliphatic carboxylic acids is 1. The van der Waals surface area contributed by atoms with Gasteiger partial charge in [0.15, 0.2) is 0 Å². The third-order valence-corrected chi connectivity index (χ3v) is 5.52. The number of carboxylic acid groups (broad SMARTS) is 1. The lowest BCUT2D eigenvalue weighted by atomic mass is 9.75. The first-order valence-corrected chi connectivity index (χ1v) is 7.97. The predicted molar refractivity (Wildman–Crippen MR) is 79.0 cm³/mol. The van der Waals surface area contributed by atoms with E-state index in [-0.39, 0.29) is 17.9 Å². The van der Waals surface area contributed by atoms with E-state index in [1.54, 1.807) is 19.1 Å². The van der Waals surface area contributed by atoms with E-state index in [0.29, 0.717) is 6.42 Å². The van der Waals surface area contributed by atoms with Crippen LogP contribution >= 0.6 is 0 Å². The topological polar surface area (TPSA) is 66.8 Å². The van der Waals surface area contributed by atoms with Crippen LogP contribution in [0.1, 0.15) is 64.2 Å². The van der Waals surface area contributed by atoms with Gasteiger partial charge in [0.1, 0.15) is 0 Å². The van der Waals surface area contributed by atoms with Crippen molar-refractivity contribution in [1.29, 1.82) is 0 Å². The number of methoxy groups -OCH3 is 1. The Morgan fingerprint density at radius 2 is 1.67 bits per heavy atom. The summed E-state index contributed by atoms with van der Waals surface area (Å²) in [7, 11) is 3.44. The second-order valence-corrected chi connectivity index (χ2v) is 6.73. The van der Waals surface area contributed by atoms with Crippen LogP contribution in [0.3, 0.4) is 0 Å². The summed E-state index contributed by atoms with van der Waals surface area (Å²) in [5.74, 6) is -0.790. The van der Waals surface area contributed by atoms with Crippen molar-refractivity contribution in [3.63, 3.8) is 0 Å². The fourth-order valence-corrected chi connectivity index (χ4v) is 3.81. The molecular weight excluding hydrogens is 270 g/mol. The highest BCUT2D eigenvalue weighted by Crippen LogP contribution is 2.41. The van der Waals surface area contributed by atoms with Crippen molar-refractivity contribution in [3.05, 3.63) is 0 Å². The second kappa shape index (κ2) is 6.34. The normalized spacial score (nSPS) is 23.1. The number of hydrogen-bond acceptors (Lipinski definition) is 3. The lowest BCUT2D eigenvalue weighted by Gasteiger charge is -2.46. The van der Waals surface area contributed by atoms with Crippen molar-refractivity contribution in [1.82, 2.24) is 4.90 Å². The highest BCUT2D eigenvalue weighted by atomic mass is 16.5. The zero-order valence-electron chi connectivity index (χ0n) is 13.2. The molecular formula is C16H27NO4. The van der Waals surface area contributed by atoms with Crippen molar-refractivity contribution in [3.8, 4) is 0 Å². The van der Waals surface area contributed by atoms with Crippen molar-refractivity contribution in [2.75, 3.05) is 14.2 Å². The number of hydrogen-bond donors (Lipinski definition) is 1. The van der Waals surface area contributed by atoms with E-state index >= 15 is 0 Å². The number of ether oxygens (including phenoxy) is 1. The maximum atomic E-state index is 12.6. The van der Waals surface area contributed by atoms with Gasteiger partial charge in [-0.05, 0) is 32.1 Å². The standard InChI is InChI=1S/C16H27NO4/c1-17(13(18)11-16(21-2)9-6-10-16)15(12-14(19)20)7-4-3-5-8-15/h3-12H2,1-2H3,(H,19,20). The lowest BCUT2D eigenvalue weighted by Crippen LogP contribution is -2.54. The Kier molecular flexibility index (Phi) is 4.91. The molecule has 0 atom stereocenters. The summed E-state index contributed by atoms with van der Waals surface area (Å²) in [5.41, 5.74) is -0.801. The maximum absolute atomic E-state index is 12.6. The number of carboxylic acids is 1. The Hall–Kier alpha value is -1.10. The Morgan fingerprint density at radius 3 is 2.10 bits per heavy atom. The number of rotatable bonds is 6. The van der Waals surface area contributed by atoms with Crippen LogP contribution in [0.25, 0.3) is 0 Å². The first kappa shape index (κ1) is 16.3. The average molecular weight is 297 g/mol. The molecule has 0 aromatic carbocycles. The van der Waals surface area contributed by atoms with Crippen LogP contribution in [0, 0.1) is 0 Å². The van der Waals surface area contributed by atoms with Crippen LogP contribution in [-0.4, -0.2) is 47.2 Å². The molecule has 5 heteroatoms. The molecule has 2 fully saturated rings.